The lowest BCUT2D eigenvalue weighted by Gasteiger charge is -2.25. The summed E-state index contributed by atoms with van der Waals surface area (Å²) in [5, 5.41) is 33.3. The number of aliphatic hydroxyl groups excluding tert-OH is 2. The first-order chi connectivity index (χ1) is 11.0. The van der Waals surface area contributed by atoms with E-state index >= 15 is 0 Å². The maximum absolute atomic E-state index is 10.4. The highest BCUT2D eigenvalue weighted by Gasteiger charge is 2.52. The topological polar surface area (TPSA) is 126 Å². The summed E-state index contributed by atoms with van der Waals surface area (Å²) in [6, 6.07) is 0.422. The molecule has 0 amide bonds. The van der Waals surface area contributed by atoms with Crippen LogP contribution < -0.4 is 5.32 Å². The Balaban J connectivity index is 1.72. The molecule has 9 heteroatoms. The number of aliphatic hydroxyl groups is 3. The Hall–Kier alpha value is -1.81. The lowest BCUT2D eigenvalue weighted by Crippen LogP contribution is -2.46. The number of fused-ring (bicyclic) bond motifs is 1. The molecule has 0 aromatic carbocycles. The maximum atomic E-state index is 10.4. The third-order valence-electron chi connectivity index (χ3n) is 4.54. The van der Waals surface area contributed by atoms with Gasteiger partial charge in [0.05, 0.1) is 12.9 Å². The SMILES string of the molecule is C[C@@]1(O)[C@@H](CO)O[C@@H](n2cnc3c(NC4CC4)ncnc32)[C@@H]1O. The number of rotatable bonds is 4. The smallest absolute Gasteiger partial charge is 0.167 e. The number of nitrogens with one attached hydrogen (secondary N) is 1. The van der Waals surface area contributed by atoms with E-state index in [0.29, 0.717) is 23.0 Å². The van der Waals surface area contributed by atoms with Crippen LogP contribution in [-0.2, 0) is 4.74 Å². The zero-order valence-electron chi connectivity index (χ0n) is 12.6. The summed E-state index contributed by atoms with van der Waals surface area (Å²) in [6.45, 7) is 1.05. The third-order valence-corrected chi connectivity index (χ3v) is 4.54. The van der Waals surface area contributed by atoms with E-state index in [1.54, 1.807) is 4.57 Å². The van der Waals surface area contributed by atoms with Crippen LogP contribution in [0, 0.1) is 0 Å². The number of ether oxygens (including phenoxy) is 1. The highest BCUT2D eigenvalue weighted by atomic mass is 16.6. The first-order valence-corrected chi connectivity index (χ1v) is 7.63. The zero-order valence-corrected chi connectivity index (χ0v) is 12.6. The van der Waals surface area contributed by atoms with E-state index in [4.69, 9.17) is 4.74 Å². The van der Waals surface area contributed by atoms with E-state index in [-0.39, 0.29) is 0 Å². The van der Waals surface area contributed by atoms with Crippen LogP contribution >= 0.6 is 0 Å². The van der Waals surface area contributed by atoms with Crippen molar-refractivity contribution in [1.82, 2.24) is 19.5 Å². The van der Waals surface area contributed by atoms with Crippen LogP contribution in [0.4, 0.5) is 5.82 Å². The van der Waals surface area contributed by atoms with Crippen molar-refractivity contribution in [2.75, 3.05) is 11.9 Å². The van der Waals surface area contributed by atoms with E-state index in [1.807, 2.05) is 0 Å². The summed E-state index contributed by atoms with van der Waals surface area (Å²) >= 11 is 0. The molecule has 2 aromatic rings. The third kappa shape index (κ3) is 2.27. The fraction of sp³-hybridized carbons (Fsp3) is 0.643. The van der Waals surface area contributed by atoms with Gasteiger partial charge in [0.25, 0.3) is 0 Å². The summed E-state index contributed by atoms with van der Waals surface area (Å²) < 4.78 is 7.18. The van der Waals surface area contributed by atoms with Crippen LogP contribution in [0.2, 0.25) is 0 Å². The molecule has 0 bridgehead atoms. The van der Waals surface area contributed by atoms with E-state index in [2.05, 4.69) is 20.3 Å². The molecule has 3 heterocycles. The van der Waals surface area contributed by atoms with Gasteiger partial charge in [0.15, 0.2) is 23.2 Å². The van der Waals surface area contributed by atoms with Gasteiger partial charge in [-0.15, -0.1) is 0 Å². The monoisotopic (exact) mass is 321 g/mol. The van der Waals surface area contributed by atoms with E-state index in [0.717, 1.165) is 12.8 Å². The minimum absolute atomic E-state index is 0.392. The molecule has 2 fully saturated rings. The van der Waals surface area contributed by atoms with Gasteiger partial charge in [0.1, 0.15) is 24.1 Å². The van der Waals surface area contributed by atoms with E-state index in [1.165, 1.54) is 19.6 Å². The molecule has 23 heavy (non-hydrogen) atoms. The van der Waals surface area contributed by atoms with Crippen molar-refractivity contribution in [3.63, 3.8) is 0 Å². The quantitative estimate of drug-likeness (QED) is 0.588. The van der Waals surface area contributed by atoms with Crippen LogP contribution in [0.5, 0.6) is 0 Å². The predicted octanol–water partition coefficient (Wildman–Crippen LogP) is -0.598. The fourth-order valence-corrected chi connectivity index (χ4v) is 2.87. The van der Waals surface area contributed by atoms with Crippen molar-refractivity contribution in [3.05, 3.63) is 12.7 Å². The minimum atomic E-state index is -1.56. The lowest BCUT2D eigenvalue weighted by molar-refractivity contribution is -0.0804. The van der Waals surface area contributed by atoms with Gasteiger partial charge in [-0.1, -0.05) is 0 Å². The summed E-state index contributed by atoms with van der Waals surface area (Å²) in [5.74, 6) is 0.647. The van der Waals surface area contributed by atoms with Crippen LogP contribution in [0.25, 0.3) is 11.2 Å². The maximum Gasteiger partial charge on any atom is 0.167 e. The number of aromatic nitrogens is 4. The second-order valence-electron chi connectivity index (χ2n) is 6.33. The van der Waals surface area contributed by atoms with Crippen molar-refractivity contribution in [1.29, 1.82) is 0 Å². The zero-order chi connectivity index (χ0) is 16.2. The average molecular weight is 321 g/mol. The van der Waals surface area contributed by atoms with Crippen LogP contribution in [0.15, 0.2) is 12.7 Å². The van der Waals surface area contributed by atoms with Gasteiger partial charge < -0.3 is 25.4 Å². The molecule has 124 valence electrons. The van der Waals surface area contributed by atoms with Gasteiger partial charge in [0.2, 0.25) is 0 Å². The summed E-state index contributed by atoms with van der Waals surface area (Å²) in [6.07, 6.45) is 2.17. The predicted molar refractivity (Wildman–Crippen MR) is 79.6 cm³/mol. The molecule has 0 radical (unpaired) electrons. The van der Waals surface area contributed by atoms with Crippen LogP contribution in [0.3, 0.4) is 0 Å². The van der Waals surface area contributed by atoms with Gasteiger partial charge in [-0.05, 0) is 19.8 Å². The van der Waals surface area contributed by atoms with Crippen molar-refractivity contribution in [3.8, 4) is 0 Å². The Labute approximate surface area is 132 Å². The van der Waals surface area contributed by atoms with E-state index in [9.17, 15) is 15.3 Å². The largest absolute Gasteiger partial charge is 0.394 e. The van der Waals surface area contributed by atoms with Gasteiger partial charge in [0, 0.05) is 6.04 Å². The lowest BCUT2D eigenvalue weighted by atomic mass is 9.95. The highest BCUT2D eigenvalue weighted by molar-refractivity contribution is 5.83. The Morgan fingerprint density at radius 3 is 2.83 bits per heavy atom. The normalized spacial score (nSPS) is 34.2. The van der Waals surface area contributed by atoms with Crippen LogP contribution in [0.1, 0.15) is 26.0 Å². The second kappa shape index (κ2) is 5.10. The first-order valence-electron chi connectivity index (χ1n) is 7.63. The molecular weight excluding hydrogens is 302 g/mol. The van der Waals surface area contributed by atoms with Gasteiger partial charge in [-0.3, -0.25) is 4.57 Å². The summed E-state index contributed by atoms with van der Waals surface area (Å²) in [5.41, 5.74) is -0.470. The summed E-state index contributed by atoms with van der Waals surface area (Å²) in [7, 11) is 0. The number of imidazole rings is 1. The highest BCUT2D eigenvalue weighted by Crippen LogP contribution is 2.38. The Morgan fingerprint density at radius 1 is 1.39 bits per heavy atom. The van der Waals surface area contributed by atoms with Crippen molar-refractivity contribution < 1.29 is 20.1 Å². The molecule has 1 saturated heterocycles. The van der Waals surface area contributed by atoms with Gasteiger partial charge in [-0.2, -0.15) is 0 Å². The van der Waals surface area contributed by atoms with Crippen LogP contribution in [-0.4, -0.2) is 65.3 Å². The van der Waals surface area contributed by atoms with E-state index < -0.39 is 30.6 Å². The molecule has 9 nitrogen and oxygen atoms in total. The molecule has 2 aliphatic rings. The molecule has 0 spiro atoms. The van der Waals surface area contributed by atoms with Gasteiger partial charge >= 0.3 is 0 Å². The number of anilines is 1. The fourth-order valence-electron chi connectivity index (χ4n) is 2.87. The number of nitrogens with zero attached hydrogens (tertiary/aromatic N) is 4. The molecule has 4 N–H and O–H groups in total. The van der Waals surface area contributed by atoms with Crippen molar-refractivity contribution in [2.24, 2.45) is 0 Å². The molecule has 1 aliphatic carbocycles. The number of hydrogen-bond donors (Lipinski definition) is 4. The summed E-state index contributed by atoms with van der Waals surface area (Å²) in [4.78, 5) is 12.8. The van der Waals surface area contributed by atoms with Crippen molar-refractivity contribution in [2.45, 2.75) is 49.8 Å². The molecule has 4 atom stereocenters. The molecule has 0 unspecified atom stereocenters. The Morgan fingerprint density at radius 2 is 2.17 bits per heavy atom. The molecule has 1 aliphatic heterocycles. The first kappa shape index (κ1) is 14.8. The van der Waals surface area contributed by atoms with Crippen molar-refractivity contribution >= 4 is 17.0 Å². The Kier molecular flexibility index (Phi) is 3.27. The Bertz CT molecular complexity index is 729. The average Bonchev–Trinajstić information content (AvgIpc) is 3.19. The molecule has 1 saturated carbocycles. The molecule has 4 rings (SSSR count). The molecular formula is C14H19N5O4. The van der Waals surface area contributed by atoms with Gasteiger partial charge in [-0.25, -0.2) is 15.0 Å². The minimum Gasteiger partial charge on any atom is -0.394 e. The molecule has 2 aromatic heterocycles. The standard InChI is InChI=1S/C14H19N5O4/c1-14(22)8(4-20)23-13(10(14)21)19-6-17-9-11(18-7-2-3-7)15-5-16-12(9)19/h5-8,10,13,20-22H,2-4H2,1H3,(H,15,16,18)/t8-,10+,13-,14-/m1/s1. The second-order valence-corrected chi connectivity index (χ2v) is 6.33. The number of hydrogen-bond acceptors (Lipinski definition) is 8.